The second kappa shape index (κ2) is 8.99. The number of halogens is 3. The Morgan fingerprint density at radius 2 is 1.82 bits per heavy atom. The summed E-state index contributed by atoms with van der Waals surface area (Å²) >= 11 is 0. The number of aromatic nitrogens is 2. The van der Waals surface area contributed by atoms with Crippen molar-refractivity contribution in [1.29, 1.82) is 0 Å². The maximum Gasteiger partial charge on any atom is 0.435 e. The van der Waals surface area contributed by atoms with E-state index < -0.39 is 23.8 Å². The molecule has 1 atom stereocenters. The Kier molecular flexibility index (Phi) is 6.93. The summed E-state index contributed by atoms with van der Waals surface area (Å²) in [5.41, 5.74) is 0.0211. The third-order valence-electron chi connectivity index (χ3n) is 4.03. The standard InChI is InChI=1S/C19H24F3N3O3/c1-5-27-15-8-7-14(10-16(15)28-6-2)11-23-18(26)13(4)25-12(3)9-17(24-25)19(20,21)22/h7-10,13H,5-6,11H2,1-4H3,(H,23,26). The molecule has 0 aliphatic carbocycles. The number of carbonyl (C=O) groups excluding carboxylic acids is 1. The highest BCUT2D eigenvalue weighted by molar-refractivity contribution is 5.79. The number of amides is 1. The number of hydrogen-bond donors (Lipinski definition) is 1. The highest BCUT2D eigenvalue weighted by Crippen LogP contribution is 2.30. The van der Waals surface area contributed by atoms with Crippen LogP contribution in [0.1, 0.15) is 43.8 Å². The van der Waals surface area contributed by atoms with Crippen molar-refractivity contribution in [3.05, 3.63) is 41.2 Å². The highest BCUT2D eigenvalue weighted by atomic mass is 19.4. The van der Waals surface area contributed by atoms with Crippen LogP contribution in [0.5, 0.6) is 11.5 Å². The molecule has 0 spiro atoms. The minimum atomic E-state index is -4.55. The van der Waals surface area contributed by atoms with Gasteiger partial charge in [-0.3, -0.25) is 9.48 Å². The minimum absolute atomic E-state index is 0.197. The van der Waals surface area contributed by atoms with Crippen molar-refractivity contribution in [2.75, 3.05) is 13.2 Å². The SMILES string of the molecule is CCOc1ccc(CNC(=O)C(C)n2nc(C(F)(F)F)cc2C)cc1OCC. The largest absolute Gasteiger partial charge is 0.490 e. The third kappa shape index (κ3) is 5.17. The quantitative estimate of drug-likeness (QED) is 0.732. The monoisotopic (exact) mass is 399 g/mol. The van der Waals surface area contributed by atoms with Crippen LogP contribution in [0.2, 0.25) is 0 Å². The maximum absolute atomic E-state index is 12.8. The summed E-state index contributed by atoms with van der Waals surface area (Å²) in [7, 11) is 0. The van der Waals surface area contributed by atoms with Crippen molar-refractivity contribution in [3.63, 3.8) is 0 Å². The normalized spacial score (nSPS) is 12.5. The third-order valence-corrected chi connectivity index (χ3v) is 4.03. The van der Waals surface area contributed by atoms with Gasteiger partial charge in [0.15, 0.2) is 17.2 Å². The van der Waals surface area contributed by atoms with Crippen molar-refractivity contribution in [3.8, 4) is 11.5 Å². The van der Waals surface area contributed by atoms with Crippen LogP contribution in [0.15, 0.2) is 24.3 Å². The first-order chi connectivity index (χ1) is 13.2. The molecule has 1 heterocycles. The van der Waals surface area contributed by atoms with Gasteiger partial charge >= 0.3 is 6.18 Å². The van der Waals surface area contributed by atoms with Gasteiger partial charge in [0.2, 0.25) is 5.91 Å². The molecule has 1 aromatic carbocycles. The Hall–Kier alpha value is -2.71. The van der Waals surface area contributed by atoms with Crippen LogP contribution < -0.4 is 14.8 Å². The molecule has 2 rings (SSSR count). The summed E-state index contributed by atoms with van der Waals surface area (Å²) in [4.78, 5) is 12.4. The van der Waals surface area contributed by atoms with Gasteiger partial charge < -0.3 is 14.8 Å². The molecule has 6 nitrogen and oxygen atoms in total. The van der Waals surface area contributed by atoms with Gasteiger partial charge in [0, 0.05) is 12.2 Å². The topological polar surface area (TPSA) is 65.4 Å². The van der Waals surface area contributed by atoms with E-state index in [2.05, 4.69) is 10.4 Å². The molecule has 1 amide bonds. The van der Waals surface area contributed by atoms with Gasteiger partial charge in [0.25, 0.3) is 0 Å². The molecule has 0 fully saturated rings. The lowest BCUT2D eigenvalue weighted by molar-refractivity contribution is -0.142. The molecule has 0 aliphatic rings. The number of carbonyl (C=O) groups is 1. The molecule has 28 heavy (non-hydrogen) atoms. The van der Waals surface area contributed by atoms with Gasteiger partial charge in [-0.1, -0.05) is 6.07 Å². The van der Waals surface area contributed by atoms with Crippen LogP contribution in [0.4, 0.5) is 13.2 Å². The zero-order valence-corrected chi connectivity index (χ0v) is 16.3. The van der Waals surface area contributed by atoms with E-state index in [1.165, 1.54) is 13.8 Å². The second-order valence-electron chi connectivity index (χ2n) is 6.15. The lowest BCUT2D eigenvalue weighted by atomic mass is 10.2. The van der Waals surface area contributed by atoms with Gasteiger partial charge in [-0.25, -0.2) is 0 Å². The molecule has 0 saturated carbocycles. The first-order valence-electron chi connectivity index (χ1n) is 8.96. The van der Waals surface area contributed by atoms with E-state index in [1.807, 2.05) is 13.8 Å². The first-order valence-corrected chi connectivity index (χ1v) is 8.96. The molecule has 0 saturated heterocycles. The molecular formula is C19H24F3N3O3. The molecule has 9 heteroatoms. The Bertz CT molecular complexity index is 818. The number of nitrogens with zero attached hydrogens (tertiary/aromatic N) is 2. The number of aryl methyl sites for hydroxylation is 1. The van der Waals surface area contributed by atoms with Crippen LogP contribution in [-0.4, -0.2) is 28.9 Å². The van der Waals surface area contributed by atoms with Crippen molar-refractivity contribution < 1.29 is 27.4 Å². The van der Waals surface area contributed by atoms with Crippen molar-refractivity contribution in [1.82, 2.24) is 15.1 Å². The zero-order chi connectivity index (χ0) is 20.9. The molecule has 0 aliphatic heterocycles. The predicted molar refractivity (Wildman–Crippen MR) is 97.3 cm³/mol. The van der Waals surface area contributed by atoms with Gasteiger partial charge in [-0.2, -0.15) is 18.3 Å². The Morgan fingerprint density at radius 3 is 2.39 bits per heavy atom. The summed E-state index contributed by atoms with van der Waals surface area (Å²) in [6, 6.07) is 5.35. The fourth-order valence-electron chi connectivity index (χ4n) is 2.67. The predicted octanol–water partition coefficient (Wildman–Crippen LogP) is 3.89. The van der Waals surface area contributed by atoms with E-state index >= 15 is 0 Å². The molecule has 1 aromatic heterocycles. The number of nitrogens with one attached hydrogen (secondary N) is 1. The summed E-state index contributed by atoms with van der Waals surface area (Å²) in [5.74, 6) is 0.744. The Balaban J connectivity index is 2.07. The summed E-state index contributed by atoms with van der Waals surface area (Å²) in [5, 5.41) is 6.24. The van der Waals surface area contributed by atoms with E-state index in [1.54, 1.807) is 18.2 Å². The summed E-state index contributed by atoms with van der Waals surface area (Å²) in [6.07, 6.45) is -4.55. The van der Waals surface area contributed by atoms with Gasteiger partial charge in [-0.15, -0.1) is 0 Å². The smallest absolute Gasteiger partial charge is 0.435 e. The van der Waals surface area contributed by atoms with Gasteiger partial charge in [0.1, 0.15) is 6.04 Å². The van der Waals surface area contributed by atoms with Gasteiger partial charge in [-0.05, 0) is 51.5 Å². The second-order valence-corrected chi connectivity index (χ2v) is 6.15. The summed E-state index contributed by atoms with van der Waals surface area (Å²) < 4.78 is 50.5. The van der Waals surface area contributed by atoms with E-state index in [-0.39, 0.29) is 12.2 Å². The lowest BCUT2D eigenvalue weighted by Gasteiger charge is -2.16. The van der Waals surface area contributed by atoms with Crippen LogP contribution in [0, 0.1) is 6.92 Å². The molecular weight excluding hydrogens is 375 g/mol. The number of rotatable bonds is 8. The van der Waals surface area contributed by atoms with Crippen molar-refractivity contribution in [2.24, 2.45) is 0 Å². The maximum atomic E-state index is 12.8. The first kappa shape index (κ1) is 21.6. The molecule has 0 bridgehead atoms. The number of benzene rings is 1. The van der Waals surface area contributed by atoms with Crippen molar-refractivity contribution in [2.45, 2.75) is 46.5 Å². The van der Waals surface area contributed by atoms with Crippen LogP contribution in [0.3, 0.4) is 0 Å². The van der Waals surface area contributed by atoms with E-state index in [9.17, 15) is 18.0 Å². The molecule has 1 unspecified atom stereocenters. The average Bonchev–Trinajstić information content (AvgIpc) is 3.03. The molecule has 0 radical (unpaired) electrons. The molecule has 154 valence electrons. The van der Waals surface area contributed by atoms with E-state index in [0.29, 0.717) is 24.7 Å². The molecule has 1 N–H and O–H groups in total. The van der Waals surface area contributed by atoms with E-state index in [0.717, 1.165) is 16.3 Å². The van der Waals surface area contributed by atoms with Crippen LogP contribution in [0.25, 0.3) is 0 Å². The average molecular weight is 399 g/mol. The number of hydrogen-bond acceptors (Lipinski definition) is 4. The highest BCUT2D eigenvalue weighted by Gasteiger charge is 2.35. The fraction of sp³-hybridized carbons (Fsp3) is 0.474. The Morgan fingerprint density at radius 1 is 1.18 bits per heavy atom. The fourth-order valence-corrected chi connectivity index (χ4v) is 2.67. The number of ether oxygens (including phenoxy) is 2. The van der Waals surface area contributed by atoms with Crippen LogP contribution >= 0.6 is 0 Å². The minimum Gasteiger partial charge on any atom is -0.490 e. The summed E-state index contributed by atoms with van der Waals surface area (Å²) in [6.45, 7) is 7.86. The Labute approximate surface area is 161 Å². The molecule has 2 aromatic rings. The van der Waals surface area contributed by atoms with Crippen molar-refractivity contribution >= 4 is 5.91 Å². The number of alkyl halides is 3. The van der Waals surface area contributed by atoms with Gasteiger partial charge in [0.05, 0.1) is 13.2 Å². The lowest BCUT2D eigenvalue weighted by Crippen LogP contribution is -2.31. The van der Waals surface area contributed by atoms with Crippen LogP contribution in [-0.2, 0) is 17.5 Å². The zero-order valence-electron chi connectivity index (χ0n) is 16.3. The van der Waals surface area contributed by atoms with E-state index in [4.69, 9.17) is 9.47 Å².